The molecule has 2 aromatic rings. The van der Waals surface area contributed by atoms with Gasteiger partial charge in [0, 0.05) is 41.8 Å². The molecule has 0 aromatic heterocycles. The first-order valence-corrected chi connectivity index (χ1v) is 16.3. The Morgan fingerprint density at radius 3 is 2.31 bits per heavy atom. The summed E-state index contributed by atoms with van der Waals surface area (Å²) in [4.78, 5) is 56.0. The van der Waals surface area contributed by atoms with Crippen molar-refractivity contribution in [1.29, 1.82) is 0 Å². The Morgan fingerprint density at radius 1 is 0.978 bits per heavy atom. The number of benzene rings is 2. The molecule has 4 amide bonds. The third-order valence-electron chi connectivity index (χ3n) is 10.1. The molecule has 2 aromatic carbocycles. The molecule has 45 heavy (non-hydrogen) atoms. The Kier molecular flexibility index (Phi) is 7.27. The van der Waals surface area contributed by atoms with E-state index < -0.39 is 51.1 Å². The number of ether oxygens (including phenoxy) is 2. The smallest absolute Gasteiger partial charge is 0.253 e. The van der Waals surface area contributed by atoms with Gasteiger partial charge in [-0.15, -0.1) is 23.2 Å². The Bertz CT molecular complexity index is 1680. The first-order chi connectivity index (χ1) is 21.4. The summed E-state index contributed by atoms with van der Waals surface area (Å²) in [6.07, 6.45) is 1.91. The van der Waals surface area contributed by atoms with Crippen LogP contribution in [0.15, 0.2) is 52.5 Å². The lowest BCUT2D eigenvalue weighted by molar-refractivity contribution is -0.138. The Morgan fingerprint density at radius 2 is 1.64 bits per heavy atom. The molecule has 4 fully saturated rings. The highest BCUT2D eigenvalue weighted by Crippen LogP contribution is 2.66. The van der Waals surface area contributed by atoms with E-state index in [4.69, 9.17) is 32.7 Å². The molecule has 3 aliphatic heterocycles. The summed E-state index contributed by atoms with van der Waals surface area (Å²) in [6.45, 7) is 2.76. The topological polar surface area (TPSA) is 117 Å². The van der Waals surface area contributed by atoms with Crippen LogP contribution in [0.25, 0.3) is 0 Å². The van der Waals surface area contributed by atoms with Crippen molar-refractivity contribution >= 4 is 74.1 Å². The molecule has 3 saturated heterocycles. The number of anilines is 2. The molecular formula is C32H30BrCl2N3O7. The molecule has 10 nitrogen and oxygen atoms in total. The fraction of sp³-hybridized carbons (Fsp3) is 0.438. The molecule has 0 spiro atoms. The summed E-state index contributed by atoms with van der Waals surface area (Å²) in [5.41, 5.74) is 2.23. The lowest BCUT2D eigenvalue weighted by Gasteiger charge is -2.50. The van der Waals surface area contributed by atoms with Gasteiger partial charge >= 0.3 is 0 Å². The highest BCUT2D eigenvalue weighted by molar-refractivity contribution is 9.10. The fourth-order valence-corrected chi connectivity index (χ4v) is 9.41. The second kappa shape index (κ2) is 10.7. The summed E-state index contributed by atoms with van der Waals surface area (Å²) < 4.78 is 11.4. The zero-order chi connectivity index (χ0) is 32.0. The normalized spacial score (nSPS) is 32.8. The SMILES string of the molecule is COc1cc(Br)cc([C@H]2C3=CC[C@@H]4C(=O)N(c5ccc(N6CCOCC6)cc5)C(=O)[C@@H]4[C@@H]3C[C@@]3(Cl)C(=O)N(C)C(=O)[C@@]23Cl)c1O. The van der Waals surface area contributed by atoms with E-state index in [0.717, 1.165) is 23.7 Å². The van der Waals surface area contributed by atoms with E-state index in [-0.39, 0.29) is 35.8 Å². The Hall–Kier alpha value is -3.12. The van der Waals surface area contributed by atoms with Crippen molar-refractivity contribution in [2.24, 2.45) is 17.8 Å². The van der Waals surface area contributed by atoms with Crippen molar-refractivity contribution in [3.8, 4) is 11.5 Å². The van der Waals surface area contributed by atoms with E-state index >= 15 is 0 Å². The number of carbonyl (C=O) groups excluding carboxylic acids is 4. The van der Waals surface area contributed by atoms with Gasteiger partial charge in [-0.3, -0.25) is 29.0 Å². The quantitative estimate of drug-likeness (QED) is 0.284. The van der Waals surface area contributed by atoms with E-state index in [1.165, 1.54) is 19.1 Å². The van der Waals surface area contributed by atoms with Gasteiger partial charge in [0.1, 0.15) is 0 Å². The standard InChI is InChI=1S/C32H30BrCl2N3O7/c1-36-29(42)31(34)15-22-19(25(32(31,35)30(36)43)21-13-16(33)14-23(44-2)26(21)39)7-8-20-24(22)28(41)38(27(20)40)18-5-3-17(4-6-18)37-9-11-45-12-10-37/h3-7,13-14,20,22,24-25,39H,8-12,15H2,1-2H3/t20-,22+,24-,25+,31+,32-/m0/s1. The molecule has 13 heteroatoms. The predicted molar refractivity (Wildman–Crippen MR) is 170 cm³/mol. The largest absolute Gasteiger partial charge is 0.504 e. The summed E-state index contributed by atoms with van der Waals surface area (Å²) in [5, 5.41) is 11.4. The van der Waals surface area contributed by atoms with Crippen molar-refractivity contribution in [3.63, 3.8) is 0 Å². The number of allylic oxidation sites excluding steroid dienone is 2. The van der Waals surface area contributed by atoms with Gasteiger partial charge in [-0.2, -0.15) is 0 Å². The summed E-state index contributed by atoms with van der Waals surface area (Å²) in [7, 11) is 2.72. The first-order valence-electron chi connectivity index (χ1n) is 14.7. The van der Waals surface area contributed by atoms with Crippen molar-refractivity contribution in [1.82, 2.24) is 4.90 Å². The molecule has 1 N–H and O–H groups in total. The van der Waals surface area contributed by atoms with Crippen LogP contribution in [0, 0.1) is 17.8 Å². The first kappa shape index (κ1) is 30.5. The van der Waals surface area contributed by atoms with Gasteiger partial charge in [0.2, 0.25) is 11.8 Å². The molecule has 7 rings (SSSR count). The molecule has 1 saturated carbocycles. The van der Waals surface area contributed by atoms with Gasteiger partial charge in [-0.1, -0.05) is 27.6 Å². The number of likely N-dealkylation sites (tertiary alicyclic amines) is 1. The second-order valence-corrected chi connectivity index (χ2v) is 14.3. The molecule has 2 aliphatic carbocycles. The highest BCUT2D eigenvalue weighted by Gasteiger charge is 2.76. The number of amides is 4. The molecule has 0 bridgehead atoms. The van der Waals surface area contributed by atoms with Crippen molar-refractivity contribution in [3.05, 3.63) is 58.1 Å². The van der Waals surface area contributed by atoms with E-state index in [2.05, 4.69) is 20.8 Å². The monoisotopic (exact) mass is 717 g/mol. The molecular weight excluding hydrogens is 689 g/mol. The van der Waals surface area contributed by atoms with E-state index in [0.29, 0.717) is 28.9 Å². The molecule has 5 aliphatic rings. The van der Waals surface area contributed by atoms with Crippen molar-refractivity contribution < 1.29 is 33.8 Å². The number of halogens is 3. The van der Waals surface area contributed by atoms with E-state index in [1.54, 1.807) is 24.3 Å². The number of hydrogen-bond acceptors (Lipinski definition) is 8. The molecule has 6 atom stereocenters. The number of hydrogen-bond donors (Lipinski definition) is 1. The average Bonchev–Trinajstić information content (AvgIpc) is 3.37. The highest BCUT2D eigenvalue weighted by atomic mass is 79.9. The van der Waals surface area contributed by atoms with Crippen molar-refractivity contribution in [2.45, 2.75) is 28.5 Å². The molecule has 3 heterocycles. The van der Waals surface area contributed by atoms with Gasteiger partial charge < -0.3 is 19.5 Å². The number of fused-ring (bicyclic) bond motifs is 4. The molecule has 0 radical (unpaired) electrons. The van der Waals surface area contributed by atoms with Crippen LogP contribution in [0.4, 0.5) is 11.4 Å². The minimum atomic E-state index is -2.01. The van der Waals surface area contributed by atoms with Crippen LogP contribution < -0.4 is 14.5 Å². The van der Waals surface area contributed by atoms with Crippen LogP contribution in [0.3, 0.4) is 0 Å². The minimum Gasteiger partial charge on any atom is -0.504 e. The van der Waals surface area contributed by atoms with Gasteiger partial charge in [-0.25, -0.2) is 0 Å². The van der Waals surface area contributed by atoms with Gasteiger partial charge in [0.05, 0.1) is 37.8 Å². The zero-order valence-electron chi connectivity index (χ0n) is 24.5. The summed E-state index contributed by atoms with van der Waals surface area (Å²) in [5.74, 6) is -5.62. The lowest BCUT2D eigenvalue weighted by Crippen LogP contribution is -2.60. The number of imide groups is 2. The van der Waals surface area contributed by atoms with E-state index in [9.17, 15) is 24.3 Å². The summed E-state index contributed by atoms with van der Waals surface area (Å²) in [6, 6.07) is 10.5. The molecule has 0 unspecified atom stereocenters. The van der Waals surface area contributed by atoms with Gasteiger partial charge in [0.15, 0.2) is 21.2 Å². The van der Waals surface area contributed by atoms with Crippen LogP contribution in [-0.2, 0) is 23.9 Å². The van der Waals surface area contributed by atoms with Crippen LogP contribution in [0.1, 0.15) is 24.3 Å². The number of phenols is 1. The number of alkyl halides is 2. The zero-order valence-corrected chi connectivity index (χ0v) is 27.6. The maximum absolute atomic E-state index is 14.3. The van der Waals surface area contributed by atoms with E-state index in [1.807, 2.05) is 18.2 Å². The number of phenolic OH excluding ortho intramolecular Hbond substituents is 1. The number of methoxy groups -OCH3 is 1. The number of rotatable bonds is 4. The van der Waals surface area contributed by atoms with Gasteiger partial charge in [-0.05, 0) is 55.2 Å². The minimum absolute atomic E-state index is 0.125. The fourth-order valence-electron chi connectivity index (χ4n) is 7.95. The third-order valence-corrected chi connectivity index (χ3v) is 12.0. The van der Waals surface area contributed by atoms with Crippen LogP contribution in [-0.4, -0.2) is 83.8 Å². The maximum Gasteiger partial charge on any atom is 0.253 e. The molecule has 236 valence electrons. The third kappa shape index (κ3) is 4.16. The lowest BCUT2D eigenvalue weighted by atomic mass is 9.56. The second-order valence-electron chi connectivity index (χ2n) is 12.2. The Balaban J connectivity index is 1.31. The van der Waals surface area contributed by atoms with Crippen LogP contribution in [0.5, 0.6) is 11.5 Å². The number of nitrogens with zero attached hydrogens (tertiary/aromatic N) is 3. The van der Waals surface area contributed by atoms with Gasteiger partial charge in [0.25, 0.3) is 11.8 Å². The number of morpholine rings is 1. The predicted octanol–water partition coefficient (Wildman–Crippen LogP) is 4.19. The van der Waals surface area contributed by atoms with Crippen LogP contribution >= 0.6 is 39.1 Å². The number of carbonyl (C=O) groups is 4. The van der Waals surface area contributed by atoms with Crippen LogP contribution in [0.2, 0.25) is 0 Å². The Labute approximate surface area is 277 Å². The average molecular weight is 719 g/mol. The van der Waals surface area contributed by atoms with Crippen molar-refractivity contribution in [2.75, 3.05) is 50.3 Å². The number of aromatic hydroxyl groups is 1. The summed E-state index contributed by atoms with van der Waals surface area (Å²) >= 11 is 17.9. The maximum atomic E-state index is 14.3.